The van der Waals surface area contributed by atoms with Gasteiger partial charge in [-0.15, -0.1) is 0 Å². The van der Waals surface area contributed by atoms with Crippen molar-refractivity contribution in [3.63, 3.8) is 0 Å². The molecule has 8 heteroatoms. The van der Waals surface area contributed by atoms with Gasteiger partial charge in [-0.1, -0.05) is 23.2 Å². The summed E-state index contributed by atoms with van der Waals surface area (Å²) in [5, 5.41) is 4.16. The van der Waals surface area contributed by atoms with E-state index in [0.717, 1.165) is 68.8 Å². The quantitative estimate of drug-likeness (QED) is 0.807. The molecule has 2 aromatic rings. The Hall–Kier alpha value is -1.50. The van der Waals surface area contributed by atoms with Crippen LogP contribution in [0.2, 0.25) is 10.0 Å². The van der Waals surface area contributed by atoms with E-state index in [9.17, 15) is 4.79 Å². The largest absolute Gasteiger partial charge is 0.381 e. The molecule has 3 heterocycles. The lowest BCUT2D eigenvalue weighted by Crippen LogP contribution is -2.49. The SMILES string of the molecule is O=C(NC1CCOCC1)N1CCC(c2nc3cc(Cl)c(Cl)cc3[nH]2)CC1. The number of rotatable bonds is 2. The second-order valence-electron chi connectivity index (χ2n) is 7.00. The number of fused-ring (bicyclic) bond motifs is 1. The van der Waals surface area contributed by atoms with Crippen molar-refractivity contribution in [3.05, 3.63) is 28.0 Å². The summed E-state index contributed by atoms with van der Waals surface area (Å²) >= 11 is 12.1. The van der Waals surface area contributed by atoms with Gasteiger partial charge in [-0.25, -0.2) is 9.78 Å². The van der Waals surface area contributed by atoms with Crippen molar-refractivity contribution in [1.29, 1.82) is 0 Å². The number of halogens is 2. The van der Waals surface area contributed by atoms with E-state index in [1.807, 2.05) is 11.0 Å². The van der Waals surface area contributed by atoms with Gasteiger partial charge in [0.1, 0.15) is 5.82 Å². The fraction of sp³-hybridized carbons (Fsp3) is 0.556. The van der Waals surface area contributed by atoms with Crippen molar-refractivity contribution in [2.45, 2.75) is 37.6 Å². The minimum atomic E-state index is 0.0403. The predicted molar refractivity (Wildman–Crippen MR) is 102 cm³/mol. The van der Waals surface area contributed by atoms with E-state index in [-0.39, 0.29) is 12.1 Å². The Kier molecular flexibility index (Phi) is 5.25. The lowest BCUT2D eigenvalue weighted by atomic mass is 9.96. The molecule has 2 saturated heterocycles. The third-order valence-corrected chi connectivity index (χ3v) is 5.98. The third kappa shape index (κ3) is 3.77. The van der Waals surface area contributed by atoms with Gasteiger partial charge in [0.2, 0.25) is 0 Å². The number of hydrogen-bond acceptors (Lipinski definition) is 3. The average Bonchev–Trinajstić information content (AvgIpc) is 3.06. The zero-order chi connectivity index (χ0) is 18.1. The van der Waals surface area contributed by atoms with Crippen LogP contribution in [-0.4, -0.2) is 53.2 Å². The molecule has 26 heavy (non-hydrogen) atoms. The predicted octanol–water partition coefficient (Wildman–Crippen LogP) is 3.94. The smallest absolute Gasteiger partial charge is 0.317 e. The second kappa shape index (κ2) is 7.62. The molecule has 140 valence electrons. The number of benzene rings is 1. The number of piperidine rings is 1. The van der Waals surface area contributed by atoms with Crippen LogP contribution in [0.5, 0.6) is 0 Å². The minimum absolute atomic E-state index is 0.0403. The molecule has 4 rings (SSSR count). The first-order valence-corrected chi connectivity index (χ1v) is 9.83. The van der Waals surface area contributed by atoms with Crippen molar-refractivity contribution >= 4 is 40.3 Å². The Bertz CT molecular complexity index is 757. The van der Waals surface area contributed by atoms with Gasteiger partial charge in [0.05, 0.1) is 21.1 Å². The number of carbonyl (C=O) groups is 1. The van der Waals surface area contributed by atoms with Gasteiger partial charge < -0.3 is 19.9 Å². The molecule has 0 bridgehead atoms. The van der Waals surface area contributed by atoms with Crippen molar-refractivity contribution in [2.24, 2.45) is 0 Å². The van der Waals surface area contributed by atoms with Crippen LogP contribution in [0.25, 0.3) is 11.0 Å². The Morgan fingerprint density at radius 3 is 2.58 bits per heavy atom. The molecule has 0 atom stereocenters. The molecule has 6 nitrogen and oxygen atoms in total. The fourth-order valence-corrected chi connectivity index (χ4v) is 4.00. The summed E-state index contributed by atoms with van der Waals surface area (Å²) in [4.78, 5) is 22.4. The molecule has 2 fully saturated rings. The summed E-state index contributed by atoms with van der Waals surface area (Å²) in [6.45, 7) is 2.93. The molecule has 2 aliphatic rings. The van der Waals surface area contributed by atoms with Crippen molar-refractivity contribution in [1.82, 2.24) is 20.2 Å². The van der Waals surface area contributed by atoms with Gasteiger partial charge in [0.15, 0.2) is 0 Å². The lowest BCUT2D eigenvalue weighted by Gasteiger charge is -2.33. The van der Waals surface area contributed by atoms with Crippen LogP contribution in [-0.2, 0) is 4.74 Å². The van der Waals surface area contributed by atoms with Gasteiger partial charge in [0, 0.05) is 38.3 Å². The molecular weight excluding hydrogens is 375 g/mol. The summed E-state index contributed by atoms with van der Waals surface area (Å²) in [6.07, 6.45) is 3.57. The van der Waals surface area contributed by atoms with Gasteiger partial charge >= 0.3 is 6.03 Å². The molecule has 2 N–H and O–H groups in total. The number of H-pyrrole nitrogens is 1. The number of carbonyl (C=O) groups excluding carboxylic acids is 1. The van der Waals surface area contributed by atoms with E-state index in [2.05, 4.69) is 15.3 Å². The maximum absolute atomic E-state index is 12.4. The highest BCUT2D eigenvalue weighted by molar-refractivity contribution is 6.42. The van der Waals surface area contributed by atoms with E-state index < -0.39 is 0 Å². The summed E-state index contributed by atoms with van der Waals surface area (Å²) in [6, 6.07) is 3.87. The lowest BCUT2D eigenvalue weighted by molar-refractivity contribution is 0.0774. The van der Waals surface area contributed by atoms with E-state index in [4.69, 9.17) is 27.9 Å². The molecule has 0 saturated carbocycles. The zero-order valence-corrected chi connectivity index (χ0v) is 15.9. The topological polar surface area (TPSA) is 70.2 Å². The highest BCUT2D eigenvalue weighted by atomic mass is 35.5. The number of nitrogens with zero attached hydrogens (tertiary/aromatic N) is 2. The van der Waals surface area contributed by atoms with Crippen LogP contribution in [0.1, 0.15) is 37.4 Å². The van der Waals surface area contributed by atoms with Crippen molar-refractivity contribution in [2.75, 3.05) is 26.3 Å². The average molecular weight is 397 g/mol. The molecule has 1 aromatic heterocycles. The molecule has 1 aromatic carbocycles. The number of likely N-dealkylation sites (tertiary alicyclic amines) is 1. The van der Waals surface area contributed by atoms with Crippen LogP contribution in [0, 0.1) is 0 Å². The number of imidazole rings is 1. The van der Waals surface area contributed by atoms with E-state index in [1.165, 1.54) is 0 Å². The first-order valence-electron chi connectivity index (χ1n) is 9.08. The Balaban J connectivity index is 1.36. The zero-order valence-electron chi connectivity index (χ0n) is 14.4. The Labute approximate surface area is 162 Å². The monoisotopic (exact) mass is 396 g/mol. The fourth-order valence-electron chi connectivity index (χ4n) is 3.68. The van der Waals surface area contributed by atoms with E-state index in [0.29, 0.717) is 16.0 Å². The molecule has 0 aliphatic carbocycles. The van der Waals surface area contributed by atoms with Gasteiger partial charge in [-0.05, 0) is 37.8 Å². The number of nitrogens with one attached hydrogen (secondary N) is 2. The summed E-state index contributed by atoms with van der Waals surface area (Å²) in [7, 11) is 0. The van der Waals surface area contributed by atoms with E-state index >= 15 is 0 Å². The van der Waals surface area contributed by atoms with E-state index in [1.54, 1.807) is 6.07 Å². The number of aromatic amines is 1. The highest BCUT2D eigenvalue weighted by Gasteiger charge is 2.27. The first kappa shape index (κ1) is 17.9. The molecule has 0 spiro atoms. The molecule has 0 radical (unpaired) electrons. The number of amides is 2. The summed E-state index contributed by atoms with van der Waals surface area (Å²) in [5.74, 6) is 1.26. The third-order valence-electron chi connectivity index (χ3n) is 5.26. The highest BCUT2D eigenvalue weighted by Crippen LogP contribution is 2.31. The Morgan fingerprint density at radius 1 is 1.15 bits per heavy atom. The second-order valence-corrected chi connectivity index (χ2v) is 7.82. The van der Waals surface area contributed by atoms with Crippen molar-refractivity contribution < 1.29 is 9.53 Å². The first-order chi connectivity index (χ1) is 12.6. The molecule has 2 aliphatic heterocycles. The van der Waals surface area contributed by atoms with Crippen molar-refractivity contribution in [3.8, 4) is 0 Å². The number of ether oxygens (including phenoxy) is 1. The van der Waals surface area contributed by atoms with Crippen LogP contribution in [0.15, 0.2) is 12.1 Å². The Morgan fingerprint density at radius 2 is 1.85 bits per heavy atom. The standard InChI is InChI=1S/C18H22Cl2N4O2/c19-13-9-15-16(10-14(13)20)23-17(22-15)11-1-5-24(6-2-11)18(25)21-12-3-7-26-8-4-12/h9-12H,1-8H2,(H,21,25)(H,22,23). The maximum atomic E-state index is 12.4. The van der Waals surface area contributed by atoms with Gasteiger partial charge in [-0.2, -0.15) is 0 Å². The van der Waals surface area contributed by atoms with Crippen LogP contribution >= 0.6 is 23.2 Å². The normalized spacial score (nSPS) is 19.8. The summed E-state index contributed by atoms with van der Waals surface area (Å²) in [5.41, 5.74) is 1.73. The number of urea groups is 1. The molecular formula is C18H22Cl2N4O2. The minimum Gasteiger partial charge on any atom is -0.381 e. The van der Waals surface area contributed by atoms with Crippen LogP contribution in [0.4, 0.5) is 4.79 Å². The van der Waals surface area contributed by atoms with Gasteiger partial charge in [0.25, 0.3) is 0 Å². The van der Waals surface area contributed by atoms with Crippen LogP contribution in [0.3, 0.4) is 0 Å². The van der Waals surface area contributed by atoms with Gasteiger partial charge in [-0.3, -0.25) is 0 Å². The maximum Gasteiger partial charge on any atom is 0.317 e. The molecule has 2 amide bonds. The summed E-state index contributed by atoms with van der Waals surface area (Å²) < 4.78 is 5.34. The molecule has 0 unspecified atom stereocenters. The number of aromatic nitrogens is 2. The number of hydrogen-bond donors (Lipinski definition) is 2. The van der Waals surface area contributed by atoms with Crippen LogP contribution < -0.4 is 5.32 Å².